The van der Waals surface area contributed by atoms with Crippen LogP contribution in [0.2, 0.25) is 0 Å². The van der Waals surface area contributed by atoms with Gasteiger partial charge in [0.25, 0.3) is 0 Å². The van der Waals surface area contributed by atoms with Crippen LogP contribution in [0.4, 0.5) is 0 Å². The number of hydrogen-bond donors (Lipinski definition) is 2. The van der Waals surface area contributed by atoms with Crippen molar-refractivity contribution >= 4 is 29.9 Å². The molecule has 1 heterocycles. The van der Waals surface area contributed by atoms with Crippen LogP contribution in [0.1, 0.15) is 16.7 Å². The van der Waals surface area contributed by atoms with Gasteiger partial charge in [0.05, 0.1) is 13.7 Å². The second-order valence-electron chi connectivity index (χ2n) is 6.33. The van der Waals surface area contributed by atoms with Gasteiger partial charge in [-0.2, -0.15) is 5.10 Å². The monoisotopic (exact) mass is 506 g/mol. The van der Waals surface area contributed by atoms with E-state index in [0.717, 1.165) is 24.7 Å². The summed E-state index contributed by atoms with van der Waals surface area (Å²) >= 11 is 0. The molecule has 2 N–H and O–H groups in total. The first kappa shape index (κ1) is 22.7. The minimum Gasteiger partial charge on any atom is -0.496 e. The zero-order valence-electron chi connectivity index (χ0n) is 16.7. The maximum absolute atomic E-state index is 5.40. The predicted molar refractivity (Wildman–Crippen MR) is 126 cm³/mol. The lowest BCUT2D eigenvalue weighted by atomic mass is 10.1. The highest BCUT2D eigenvalue weighted by Gasteiger charge is 2.04. The van der Waals surface area contributed by atoms with Crippen molar-refractivity contribution in [2.24, 2.45) is 4.99 Å². The molecule has 0 aliphatic rings. The lowest BCUT2D eigenvalue weighted by Crippen LogP contribution is -2.37. The number of methoxy groups -OCH3 is 1. The first-order valence-corrected chi connectivity index (χ1v) is 9.25. The fourth-order valence-electron chi connectivity index (χ4n) is 2.97. The fourth-order valence-corrected chi connectivity index (χ4v) is 2.97. The normalized spacial score (nSPS) is 10.9. The van der Waals surface area contributed by atoms with E-state index in [1.165, 1.54) is 16.7 Å². The molecule has 7 nitrogen and oxygen atoms in total. The van der Waals surface area contributed by atoms with Gasteiger partial charge < -0.3 is 15.4 Å². The van der Waals surface area contributed by atoms with E-state index in [-0.39, 0.29) is 24.0 Å². The van der Waals surface area contributed by atoms with E-state index >= 15 is 0 Å². The zero-order valence-corrected chi connectivity index (χ0v) is 19.0. The summed E-state index contributed by atoms with van der Waals surface area (Å²) in [6.07, 6.45) is 4.13. The Morgan fingerprint density at radius 2 is 1.93 bits per heavy atom. The Labute approximate surface area is 188 Å². The topological polar surface area (TPSA) is 76.4 Å². The SMILES string of the molecule is CN=C(NCCc1ccccc1OC)NCc1cccc(Cn2cncn2)c1.I. The Bertz CT molecular complexity index is 898. The molecule has 1 aromatic heterocycles. The summed E-state index contributed by atoms with van der Waals surface area (Å²) in [5.41, 5.74) is 3.54. The van der Waals surface area contributed by atoms with Crippen molar-refractivity contribution in [1.29, 1.82) is 0 Å². The summed E-state index contributed by atoms with van der Waals surface area (Å²) < 4.78 is 7.21. The Morgan fingerprint density at radius 3 is 2.69 bits per heavy atom. The molecule has 154 valence electrons. The number of hydrogen-bond acceptors (Lipinski definition) is 4. The Kier molecular flexibility index (Phi) is 9.42. The van der Waals surface area contributed by atoms with Crippen LogP contribution in [0.15, 0.2) is 66.2 Å². The molecule has 0 spiro atoms. The molecule has 0 amide bonds. The van der Waals surface area contributed by atoms with Gasteiger partial charge >= 0.3 is 0 Å². The summed E-state index contributed by atoms with van der Waals surface area (Å²) in [6, 6.07) is 16.5. The molecule has 0 aliphatic carbocycles. The lowest BCUT2D eigenvalue weighted by molar-refractivity contribution is 0.409. The molecule has 0 bridgehead atoms. The predicted octanol–water partition coefficient (Wildman–Crippen LogP) is 2.86. The van der Waals surface area contributed by atoms with E-state index in [4.69, 9.17) is 4.74 Å². The molecular formula is C21H27IN6O. The third-order valence-electron chi connectivity index (χ3n) is 4.37. The molecule has 0 radical (unpaired) electrons. The number of aromatic nitrogens is 3. The largest absolute Gasteiger partial charge is 0.496 e. The minimum atomic E-state index is 0. The summed E-state index contributed by atoms with van der Waals surface area (Å²) in [5.74, 6) is 1.69. The number of aliphatic imine (C=N–C) groups is 1. The number of guanidine groups is 1. The number of nitrogens with zero attached hydrogens (tertiary/aromatic N) is 4. The van der Waals surface area contributed by atoms with Crippen LogP contribution in [-0.2, 0) is 19.5 Å². The van der Waals surface area contributed by atoms with Gasteiger partial charge in [0.15, 0.2) is 5.96 Å². The van der Waals surface area contributed by atoms with Gasteiger partial charge in [0.2, 0.25) is 0 Å². The molecule has 0 saturated carbocycles. The average molecular weight is 506 g/mol. The highest BCUT2D eigenvalue weighted by Crippen LogP contribution is 2.17. The van der Waals surface area contributed by atoms with Gasteiger partial charge in [0, 0.05) is 20.1 Å². The molecule has 0 aliphatic heterocycles. The van der Waals surface area contributed by atoms with Crippen molar-refractivity contribution in [3.05, 3.63) is 77.9 Å². The van der Waals surface area contributed by atoms with Crippen molar-refractivity contribution in [2.45, 2.75) is 19.5 Å². The van der Waals surface area contributed by atoms with E-state index < -0.39 is 0 Å². The van der Waals surface area contributed by atoms with Crippen LogP contribution >= 0.6 is 24.0 Å². The molecular weight excluding hydrogens is 479 g/mol. The Hall–Kier alpha value is -2.62. The van der Waals surface area contributed by atoms with Gasteiger partial charge in [-0.15, -0.1) is 24.0 Å². The first-order chi connectivity index (χ1) is 13.8. The molecule has 0 fully saturated rings. The molecule has 29 heavy (non-hydrogen) atoms. The zero-order chi connectivity index (χ0) is 19.6. The van der Waals surface area contributed by atoms with Gasteiger partial charge in [-0.25, -0.2) is 9.67 Å². The average Bonchev–Trinajstić information content (AvgIpc) is 3.24. The number of ether oxygens (including phenoxy) is 1. The van der Waals surface area contributed by atoms with E-state index in [1.807, 2.05) is 22.9 Å². The Morgan fingerprint density at radius 1 is 1.10 bits per heavy atom. The van der Waals surface area contributed by atoms with Gasteiger partial charge in [-0.05, 0) is 29.2 Å². The summed E-state index contributed by atoms with van der Waals surface area (Å²) in [5, 5.41) is 10.9. The maximum atomic E-state index is 5.40. The van der Waals surface area contributed by atoms with Gasteiger partial charge in [-0.1, -0.05) is 42.5 Å². The van der Waals surface area contributed by atoms with Crippen molar-refractivity contribution in [3.63, 3.8) is 0 Å². The van der Waals surface area contributed by atoms with Crippen LogP contribution in [0.25, 0.3) is 0 Å². The third-order valence-corrected chi connectivity index (χ3v) is 4.37. The van der Waals surface area contributed by atoms with E-state index in [2.05, 4.69) is 56.0 Å². The smallest absolute Gasteiger partial charge is 0.191 e. The molecule has 0 atom stereocenters. The summed E-state index contributed by atoms with van der Waals surface area (Å²) in [7, 11) is 3.48. The van der Waals surface area contributed by atoms with Crippen LogP contribution in [0, 0.1) is 0 Å². The second kappa shape index (κ2) is 12.1. The number of benzene rings is 2. The molecule has 3 rings (SSSR count). The summed E-state index contributed by atoms with van der Waals surface area (Å²) in [6.45, 7) is 2.17. The fraction of sp³-hybridized carbons (Fsp3) is 0.286. The third kappa shape index (κ3) is 7.04. The van der Waals surface area contributed by atoms with Crippen LogP contribution in [-0.4, -0.2) is 41.4 Å². The maximum Gasteiger partial charge on any atom is 0.191 e. The van der Waals surface area contributed by atoms with E-state index in [1.54, 1.807) is 26.8 Å². The number of halogens is 1. The Balaban J connectivity index is 0.00000300. The number of para-hydroxylation sites is 1. The highest BCUT2D eigenvalue weighted by molar-refractivity contribution is 14.0. The molecule has 3 aromatic rings. The minimum absolute atomic E-state index is 0. The number of rotatable bonds is 8. The van der Waals surface area contributed by atoms with Crippen molar-refractivity contribution in [2.75, 3.05) is 20.7 Å². The standard InChI is InChI=1S/C21H26N6O.HI/c1-22-21(24-11-10-19-8-3-4-9-20(19)28-2)25-13-17-6-5-7-18(12-17)14-27-16-23-15-26-27;/h3-9,12,15-16H,10-11,13-14H2,1-2H3,(H2,22,24,25);1H. The van der Waals surface area contributed by atoms with Gasteiger partial charge in [-0.3, -0.25) is 4.99 Å². The summed E-state index contributed by atoms with van der Waals surface area (Å²) in [4.78, 5) is 8.28. The van der Waals surface area contributed by atoms with Crippen molar-refractivity contribution in [1.82, 2.24) is 25.4 Å². The molecule has 8 heteroatoms. The van der Waals surface area contributed by atoms with Crippen LogP contribution in [0.3, 0.4) is 0 Å². The van der Waals surface area contributed by atoms with Crippen molar-refractivity contribution in [3.8, 4) is 5.75 Å². The molecule has 0 saturated heterocycles. The van der Waals surface area contributed by atoms with Gasteiger partial charge in [0.1, 0.15) is 18.4 Å². The van der Waals surface area contributed by atoms with Crippen LogP contribution < -0.4 is 15.4 Å². The molecule has 0 unspecified atom stereocenters. The molecule has 2 aromatic carbocycles. The lowest BCUT2D eigenvalue weighted by Gasteiger charge is -2.13. The number of nitrogens with one attached hydrogen (secondary N) is 2. The highest BCUT2D eigenvalue weighted by atomic mass is 127. The van der Waals surface area contributed by atoms with E-state index in [9.17, 15) is 0 Å². The second-order valence-corrected chi connectivity index (χ2v) is 6.33. The van der Waals surface area contributed by atoms with E-state index in [0.29, 0.717) is 13.1 Å². The quantitative estimate of drug-likeness (QED) is 0.279. The van der Waals surface area contributed by atoms with Crippen LogP contribution in [0.5, 0.6) is 5.75 Å². The van der Waals surface area contributed by atoms with Crippen molar-refractivity contribution < 1.29 is 4.74 Å². The first-order valence-electron chi connectivity index (χ1n) is 9.25.